The maximum absolute atomic E-state index is 13.4. The molecule has 0 fully saturated rings. The lowest BCUT2D eigenvalue weighted by Crippen LogP contribution is -2.10. The molecule has 2 aliphatic rings. The number of carbonyl (C=O) groups excluding carboxylic acids is 1. The summed E-state index contributed by atoms with van der Waals surface area (Å²) in [5.41, 5.74) is 19.9. The highest BCUT2D eigenvalue weighted by atomic mass is 16.5. The van der Waals surface area contributed by atoms with E-state index in [1.807, 2.05) is 24.3 Å². The van der Waals surface area contributed by atoms with E-state index in [1.165, 1.54) is 72.3 Å². The Morgan fingerprint density at radius 3 is 1.50 bits per heavy atom. The molecule has 2 heteroatoms. The van der Waals surface area contributed by atoms with Gasteiger partial charge < -0.3 is 4.74 Å². The number of rotatable bonds is 6. The summed E-state index contributed by atoms with van der Waals surface area (Å²) in [6, 6.07) is 39.1. The highest BCUT2D eigenvalue weighted by Gasteiger charge is 2.20. The number of fused-ring (bicyclic) bond motifs is 4. The number of hydrogen-bond acceptors (Lipinski definition) is 2. The largest absolute Gasteiger partial charge is 0.457 e. The third kappa shape index (κ3) is 5.88. The van der Waals surface area contributed by atoms with Crippen molar-refractivity contribution in [2.24, 2.45) is 0 Å². The predicted octanol–water partition coefficient (Wildman–Crippen LogP) is 10.5. The second-order valence-corrected chi connectivity index (χ2v) is 14.0. The number of ketones is 1. The van der Waals surface area contributed by atoms with Crippen LogP contribution in [-0.2, 0) is 32.1 Å². The number of hydrogen-bond donors (Lipinski definition) is 0. The van der Waals surface area contributed by atoms with Gasteiger partial charge in [-0.15, -0.1) is 0 Å². The van der Waals surface area contributed by atoms with Gasteiger partial charge in [-0.05, 0) is 174 Å². The minimum Gasteiger partial charge on any atom is -0.457 e. The molecule has 6 aromatic rings. The van der Waals surface area contributed by atoms with E-state index in [0.717, 1.165) is 60.3 Å². The average molecular weight is 625 g/mol. The van der Waals surface area contributed by atoms with Crippen molar-refractivity contribution in [3.63, 3.8) is 0 Å². The Labute approximate surface area is 284 Å². The summed E-state index contributed by atoms with van der Waals surface area (Å²) in [5.74, 6) is 1.81. The van der Waals surface area contributed by atoms with Crippen molar-refractivity contribution in [2.75, 3.05) is 0 Å². The first kappa shape index (κ1) is 30.1. The van der Waals surface area contributed by atoms with Gasteiger partial charge in [0.2, 0.25) is 0 Å². The molecule has 0 radical (unpaired) electrons. The molecule has 0 heterocycles. The second-order valence-electron chi connectivity index (χ2n) is 14.0. The van der Waals surface area contributed by atoms with Crippen LogP contribution in [0.15, 0.2) is 109 Å². The van der Waals surface area contributed by atoms with Crippen LogP contribution in [0.3, 0.4) is 0 Å². The smallest absolute Gasteiger partial charge is 0.193 e. The van der Waals surface area contributed by atoms with Gasteiger partial charge in [0.05, 0.1) is 0 Å². The molecule has 0 aliphatic heterocycles. The van der Waals surface area contributed by atoms with E-state index in [0.29, 0.717) is 0 Å². The highest BCUT2D eigenvalue weighted by molar-refractivity contribution is 6.09. The number of ether oxygens (including phenoxy) is 1. The Bertz CT molecular complexity index is 2250. The molecule has 0 saturated heterocycles. The number of carbonyl (C=O) groups is 1. The van der Waals surface area contributed by atoms with Crippen LogP contribution in [0.2, 0.25) is 0 Å². The molecule has 0 N–H and O–H groups in total. The maximum atomic E-state index is 13.4. The molecule has 0 amide bonds. The van der Waals surface area contributed by atoms with Gasteiger partial charge in [0.1, 0.15) is 11.5 Å². The zero-order valence-electron chi connectivity index (χ0n) is 28.2. The van der Waals surface area contributed by atoms with Crippen LogP contribution in [0.25, 0.3) is 0 Å². The van der Waals surface area contributed by atoms with Gasteiger partial charge in [-0.1, -0.05) is 72.8 Å². The van der Waals surface area contributed by atoms with Gasteiger partial charge in [-0.2, -0.15) is 0 Å². The minimum atomic E-state index is 0.0800. The van der Waals surface area contributed by atoms with Crippen molar-refractivity contribution >= 4 is 5.78 Å². The number of benzene rings is 6. The van der Waals surface area contributed by atoms with Crippen molar-refractivity contribution in [1.82, 2.24) is 0 Å². The van der Waals surface area contributed by atoms with Gasteiger partial charge >= 0.3 is 0 Å². The van der Waals surface area contributed by atoms with Crippen LogP contribution in [0.5, 0.6) is 11.5 Å². The van der Waals surface area contributed by atoms with Crippen molar-refractivity contribution in [3.8, 4) is 11.5 Å². The topological polar surface area (TPSA) is 26.3 Å². The molecule has 2 nitrogen and oxygen atoms in total. The fourth-order valence-electron chi connectivity index (χ4n) is 7.39. The molecule has 0 saturated carbocycles. The van der Waals surface area contributed by atoms with E-state index in [9.17, 15) is 4.79 Å². The zero-order valence-corrected chi connectivity index (χ0v) is 28.2. The summed E-state index contributed by atoms with van der Waals surface area (Å²) in [4.78, 5) is 13.4. The molecule has 0 atom stereocenters. The highest BCUT2D eigenvalue weighted by Crippen LogP contribution is 2.35. The van der Waals surface area contributed by atoms with E-state index in [1.54, 1.807) is 0 Å². The van der Waals surface area contributed by atoms with Crippen molar-refractivity contribution < 1.29 is 9.53 Å². The second kappa shape index (κ2) is 12.1. The molecule has 0 aromatic heterocycles. The van der Waals surface area contributed by atoms with Gasteiger partial charge in [0.15, 0.2) is 5.78 Å². The van der Waals surface area contributed by atoms with E-state index in [-0.39, 0.29) is 5.78 Å². The van der Waals surface area contributed by atoms with Crippen LogP contribution in [0.4, 0.5) is 0 Å². The van der Waals surface area contributed by atoms with E-state index in [2.05, 4.69) is 113 Å². The molecule has 2 aliphatic carbocycles. The van der Waals surface area contributed by atoms with Crippen molar-refractivity contribution in [3.05, 3.63) is 198 Å². The monoisotopic (exact) mass is 624 g/mol. The maximum Gasteiger partial charge on any atom is 0.193 e. The van der Waals surface area contributed by atoms with Crippen LogP contribution >= 0.6 is 0 Å². The Morgan fingerprint density at radius 2 is 0.875 bits per heavy atom. The lowest BCUT2D eigenvalue weighted by Gasteiger charge is -2.22. The third-order valence-electron chi connectivity index (χ3n) is 10.6. The van der Waals surface area contributed by atoms with Crippen LogP contribution in [0, 0.1) is 27.7 Å². The van der Waals surface area contributed by atoms with Crippen molar-refractivity contribution in [1.29, 1.82) is 0 Å². The lowest BCUT2D eigenvalue weighted by atomic mass is 9.84. The zero-order chi connectivity index (χ0) is 32.9. The Kier molecular flexibility index (Phi) is 7.60. The first-order valence-corrected chi connectivity index (χ1v) is 17.1. The van der Waals surface area contributed by atoms with Gasteiger partial charge in [-0.3, -0.25) is 4.79 Å². The SMILES string of the molecule is Cc1ccc(Cc2ccc3c(c2)Cc2cc(Oc4ccc5c(c4)Cc4cc(C(=O)c6ccc(C)c(C)c6)ccc4C5)ccc2C3)cc1C. The third-order valence-corrected chi connectivity index (χ3v) is 10.6. The summed E-state index contributed by atoms with van der Waals surface area (Å²) >= 11 is 0. The van der Waals surface area contributed by atoms with Crippen LogP contribution < -0.4 is 4.74 Å². The van der Waals surface area contributed by atoms with Crippen LogP contribution in [-0.4, -0.2) is 5.78 Å². The summed E-state index contributed by atoms with van der Waals surface area (Å²) in [6.45, 7) is 8.50. The fraction of sp³-hybridized carbons (Fsp3) is 0.196. The van der Waals surface area contributed by atoms with Gasteiger partial charge in [0.25, 0.3) is 0 Å². The first-order chi connectivity index (χ1) is 23.3. The van der Waals surface area contributed by atoms with E-state index >= 15 is 0 Å². The Morgan fingerprint density at radius 1 is 0.438 bits per heavy atom. The Hall–Kier alpha value is -5.21. The molecule has 6 aromatic carbocycles. The minimum absolute atomic E-state index is 0.0800. The summed E-state index contributed by atoms with van der Waals surface area (Å²) in [5, 5.41) is 0. The fourth-order valence-corrected chi connectivity index (χ4v) is 7.39. The van der Waals surface area contributed by atoms with E-state index in [4.69, 9.17) is 4.74 Å². The quantitative estimate of drug-likeness (QED) is 0.172. The van der Waals surface area contributed by atoms with Gasteiger partial charge in [-0.25, -0.2) is 0 Å². The molecule has 0 spiro atoms. The van der Waals surface area contributed by atoms with E-state index < -0.39 is 0 Å². The molecule has 8 rings (SSSR count). The summed E-state index contributed by atoms with van der Waals surface area (Å²) < 4.78 is 6.50. The lowest BCUT2D eigenvalue weighted by molar-refractivity contribution is 0.103. The van der Waals surface area contributed by atoms with Crippen LogP contribution in [0.1, 0.15) is 93.8 Å². The summed E-state index contributed by atoms with van der Waals surface area (Å²) in [6.07, 6.45) is 4.50. The molecular formula is C46H40O2. The average Bonchev–Trinajstić information content (AvgIpc) is 3.08. The molecule has 236 valence electrons. The molecular weight excluding hydrogens is 585 g/mol. The first-order valence-electron chi connectivity index (χ1n) is 17.1. The Balaban J connectivity index is 0.983. The molecule has 0 bridgehead atoms. The number of aryl methyl sites for hydroxylation is 4. The molecule has 0 unspecified atom stereocenters. The summed E-state index contributed by atoms with van der Waals surface area (Å²) in [7, 11) is 0. The van der Waals surface area contributed by atoms with Crippen molar-refractivity contribution in [2.45, 2.75) is 59.8 Å². The van der Waals surface area contributed by atoms with Gasteiger partial charge in [0, 0.05) is 11.1 Å². The standard InChI is InChI=1S/C46H40O2/c1-28-5-7-32(17-30(28)3)19-33-8-10-34-21-36-13-15-44(26-42(36)24-40(34)20-33)48-45-16-14-37-22-35-11-12-39(23-41(35)25-43(37)27-45)46(47)38-9-6-29(2)31(4)18-38/h5-18,20,23,26-27H,19,21-22,24-25H2,1-4H3. The predicted molar refractivity (Wildman–Crippen MR) is 195 cm³/mol. The molecule has 48 heavy (non-hydrogen) atoms. The normalized spacial score (nSPS) is 12.8.